The molecule has 8 heteroatoms. The van der Waals surface area contributed by atoms with Crippen molar-refractivity contribution in [3.05, 3.63) is 78.8 Å². The number of hydrogen-bond donors (Lipinski definition) is 1. The Bertz CT molecular complexity index is 1320. The van der Waals surface area contributed by atoms with Crippen molar-refractivity contribution in [2.45, 2.75) is 0 Å². The number of aromatic nitrogens is 4. The van der Waals surface area contributed by atoms with E-state index in [1.54, 1.807) is 12.4 Å². The summed E-state index contributed by atoms with van der Waals surface area (Å²) in [6.45, 7) is 3.33. The minimum atomic E-state index is 0.0826. The van der Waals surface area contributed by atoms with Gasteiger partial charge in [0.05, 0.1) is 5.69 Å². The Morgan fingerprint density at radius 1 is 0.857 bits per heavy atom. The number of anilines is 1. The van der Waals surface area contributed by atoms with Gasteiger partial charge in [-0.1, -0.05) is 18.2 Å². The zero-order valence-corrected chi connectivity index (χ0v) is 19.8. The quantitative estimate of drug-likeness (QED) is 0.481. The molecule has 1 aliphatic rings. The maximum atomic E-state index is 12.9. The van der Waals surface area contributed by atoms with E-state index in [9.17, 15) is 4.79 Å². The van der Waals surface area contributed by atoms with Gasteiger partial charge in [0.2, 0.25) is 0 Å². The molecular weight excluding hydrogens is 438 g/mol. The van der Waals surface area contributed by atoms with Crippen LogP contribution in [0.3, 0.4) is 0 Å². The van der Waals surface area contributed by atoms with Gasteiger partial charge in [0, 0.05) is 74.6 Å². The monoisotopic (exact) mass is 465 g/mol. The number of carbonyl (C=O) groups excluding carboxylic acids is 1. The zero-order valence-electron chi connectivity index (χ0n) is 19.8. The van der Waals surface area contributed by atoms with Crippen LogP contribution in [0.1, 0.15) is 10.4 Å². The molecule has 1 amide bonds. The van der Waals surface area contributed by atoms with Gasteiger partial charge in [0.25, 0.3) is 5.91 Å². The van der Waals surface area contributed by atoms with Crippen molar-refractivity contribution in [1.29, 1.82) is 0 Å². The standard InChI is InChI=1S/C27H27N7O/c1-28-25-16-24(31-26(32-25)23-5-3-4-10-30-23)22-15-21(17-29-18-22)19-6-8-20(9-7-19)27(35)34-13-11-33(2)12-14-34/h3-10,15-18H,11-14H2,1-2H3,(H,28,31,32). The van der Waals surface area contributed by atoms with Crippen LogP contribution >= 0.6 is 0 Å². The van der Waals surface area contributed by atoms with Crippen LogP contribution in [0.15, 0.2) is 73.2 Å². The fourth-order valence-electron chi connectivity index (χ4n) is 4.07. The van der Waals surface area contributed by atoms with Crippen LogP contribution in [0, 0.1) is 0 Å². The van der Waals surface area contributed by atoms with Gasteiger partial charge in [-0.15, -0.1) is 0 Å². The molecule has 1 saturated heterocycles. The second kappa shape index (κ2) is 9.99. The van der Waals surface area contributed by atoms with Gasteiger partial charge >= 0.3 is 0 Å². The van der Waals surface area contributed by atoms with Gasteiger partial charge in [-0.05, 0) is 42.9 Å². The van der Waals surface area contributed by atoms with E-state index in [0.29, 0.717) is 22.9 Å². The van der Waals surface area contributed by atoms with Crippen molar-refractivity contribution in [2.24, 2.45) is 0 Å². The SMILES string of the molecule is CNc1cc(-c2cncc(-c3ccc(C(=O)N4CCN(C)CC4)cc3)c2)nc(-c2ccccn2)n1. The van der Waals surface area contributed by atoms with Crippen LogP contribution in [0.25, 0.3) is 33.9 Å². The van der Waals surface area contributed by atoms with Gasteiger partial charge in [-0.25, -0.2) is 9.97 Å². The molecule has 1 N–H and O–H groups in total. The third-order valence-electron chi connectivity index (χ3n) is 6.17. The Hall–Kier alpha value is -4.17. The number of benzene rings is 1. The lowest BCUT2D eigenvalue weighted by molar-refractivity contribution is 0.0664. The van der Waals surface area contributed by atoms with E-state index < -0.39 is 0 Å². The summed E-state index contributed by atoms with van der Waals surface area (Å²) >= 11 is 0. The van der Waals surface area contributed by atoms with Crippen LogP contribution in [-0.2, 0) is 0 Å². The van der Waals surface area contributed by atoms with Crippen molar-refractivity contribution < 1.29 is 4.79 Å². The van der Waals surface area contributed by atoms with Crippen molar-refractivity contribution in [3.63, 3.8) is 0 Å². The number of amides is 1. The Morgan fingerprint density at radius 2 is 1.63 bits per heavy atom. The van der Waals surface area contributed by atoms with Crippen molar-refractivity contribution >= 4 is 11.7 Å². The number of rotatable bonds is 5. The second-order valence-electron chi connectivity index (χ2n) is 8.56. The van der Waals surface area contributed by atoms with E-state index in [4.69, 9.17) is 4.98 Å². The Morgan fingerprint density at radius 3 is 2.34 bits per heavy atom. The molecule has 1 aromatic carbocycles. The molecule has 0 unspecified atom stereocenters. The van der Waals surface area contributed by atoms with Crippen molar-refractivity contribution in [3.8, 4) is 33.9 Å². The highest BCUT2D eigenvalue weighted by Gasteiger charge is 2.20. The molecule has 176 valence electrons. The van der Waals surface area contributed by atoms with Gasteiger partial charge in [0.15, 0.2) is 5.82 Å². The fraction of sp³-hybridized carbons (Fsp3) is 0.222. The molecule has 0 bridgehead atoms. The number of pyridine rings is 2. The van der Waals surface area contributed by atoms with Crippen LogP contribution < -0.4 is 5.32 Å². The summed E-state index contributed by atoms with van der Waals surface area (Å²) in [7, 11) is 3.91. The Balaban J connectivity index is 1.41. The fourth-order valence-corrected chi connectivity index (χ4v) is 4.07. The van der Waals surface area contributed by atoms with Gasteiger partial charge in [0.1, 0.15) is 11.5 Å². The van der Waals surface area contributed by atoms with Crippen molar-refractivity contribution in [2.75, 3.05) is 45.6 Å². The van der Waals surface area contributed by atoms with E-state index in [0.717, 1.165) is 48.6 Å². The summed E-state index contributed by atoms with van der Waals surface area (Å²) in [4.78, 5) is 35.2. The average molecular weight is 466 g/mol. The van der Waals surface area contributed by atoms with E-state index in [-0.39, 0.29) is 5.91 Å². The first kappa shape index (κ1) is 22.6. The third-order valence-corrected chi connectivity index (χ3v) is 6.17. The van der Waals surface area contributed by atoms with Crippen LogP contribution in [0.2, 0.25) is 0 Å². The lowest BCUT2D eigenvalue weighted by Crippen LogP contribution is -2.47. The Kier molecular flexibility index (Phi) is 6.45. The number of carbonyl (C=O) groups is 1. The molecule has 35 heavy (non-hydrogen) atoms. The number of piperazine rings is 1. The molecule has 0 spiro atoms. The van der Waals surface area contributed by atoms with Crippen LogP contribution in [-0.4, -0.2) is 75.9 Å². The molecule has 1 aliphatic heterocycles. The second-order valence-corrected chi connectivity index (χ2v) is 8.56. The maximum Gasteiger partial charge on any atom is 0.253 e. The molecule has 1 fully saturated rings. The zero-order chi connectivity index (χ0) is 24.2. The predicted octanol–water partition coefficient (Wildman–Crippen LogP) is 3.70. The minimum absolute atomic E-state index is 0.0826. The minimum Gasteiger partial charge on any atom is -0.373 e. The largest absolute Gasteiger partial charge is 0.373 e. The first-order valence-electron chi connectivity index (χ1n) is 11.6. The van der Waals surface area contributed by atoms with Gasteiger partial charge in [-0.3, -0.25) is 14.8 Å². The molecule has 8 nitrogen and oxygen atoms in total. The molecule has 0 radical (unpaired) electrons. The number of hydrogen-bond acceptors (Lipinski definition) is 7. The van der Waals surface area contributed by atoms with E-state index in [2.05, 4.69) is 32.2 Å². The van der Waals surface area contributed by atoms with Crippen LogP contribution in [0.5, 0.6) is 0 Å². The van der Waals surface area contributed by atoms with Gasteiger partial charge < -0.3 is 15.1 Å². The van der Waals surface area contributed by atoms with Crippen LogP contribution in [0.4, 0.5) is 5.82 Å². The highest BCUT2D eigenvalue weighted by molar-refractivity contribution is 5.94. The predicted molar refractivity (Wildman–Crippen MR) is 137 cm³/mol. The summed E-state index contributed by atoms with van der Waals surface area (Å²) in [5, 5.41) is 3.10. The topological polar surface area (TPSA) is 87.1 Å². The summed E-state index contributed by atoms with van der Waals surface area (Å²) < 4.78 is 0. The van der Waals surface area contributed by atoms with Gasteiger partial charge in [-0.2, -0.15) is 0 Å². The average Bonchev–Trinajstić information content (AvgIpc) is 2.93. The van der Waals surface area contributed by atoms with E-state index in [1.807, 2.05) is 72.7 Å². The normalized spacial score (nSPS) is 14.1. The summed E-state index contributed by atoms with van der Waals surface area (Å²) in [5.41, 5.74) is 4.97. The lowest BCUT2D eigenvalue weighted by Gasteiger charge is -2.32. The summed E-state index contributed by atoms with van der Waals surface area (Å²) in [5.74, 6) is 1.33. The number of nitrogens with zero attached hydrogens (tertiary/aromatic N) is 6. The van der Waals surface area contributed by atoms with E-state index in [1.165, 1.54) is 0 Å². The smallest absolute Gasteiger partial charge is 0.253 e. The number of likely N-dealkylation sites (N-methyl/N-ethyl adjacent to an activating group) is 1. The van der Waals surface area contributed by atoms with E-state index >= 15 is 0 Å². The first-order chi connectivity index (χ1) is 17.1. The summed E-state index contributed by atoms with van der Waals surface area (Å²) in [6.07, 6.45) is 5.34. The summed E-state index contributed by atoms with van der Waals surface area (Å²) in [6, 6.07) is 17.3. The highest BCUT2D eigenvalue weighted by Crippen LogP contribution is 2.27. The molecule has 5 rings (SSSR count). The molecule has 4 aromatic rings. The first-order valence-corrected chi connectivity index (χ1v) is 11.6. The highest BCUT2D eigenvalue weighted by atomic mass is 16.2. The maximum absolute atomic E-state index is 12.9. The third kappa shape index (κ3) is 5.02. The molecule has 0 aliphatic carbocycles. The molecule has 0 atom stereocenters. The lowest BCUT2D eigenvalue weighted by atomic mass is 10.0. The Labute approximate surface area is 204 Å². The van der Waals surface area contributed by atoms with Crippen molar-refractivity contribution in [1.82, 2.24) is 29.7 Å². The molecule has 4 heterocycles. The number of nitrogens with one attached hydrogen (secondary N) is 1. The molecular formula is C27H27N7O. The molecule has 3 aromatic heterocycles. The molecule has 0 saturated carbocycles.